The standard InChI is InChI=1S/C18H25N3O2/c1-12-8-13(6-7-19-12)18(23)21-15(11-22)9-14-10-20-17-5-3-2-4-16(14)17/h2-5,10,12-13,15,19-20,22H,6-9,11H2,1H3,(H,21,23)/t12-,13-,15?/m0/s1. The highest BCUT2D eigenvalue weighted by molar-refractivity contribution is 5.83. The molecule has 5 nitrogen and oxygen atoms in total. The molecule has 2 aromatic rings. The number of aliphatic hydroxyl groups excluding tert-OH is 1. The average molecular weight is 315 g/mol. The maximum atomic E-state index is 12.4. The minimum Gasteiger partial charge on any atom is -0.394 e. The van der Waals surface area contributed by atoms with Crippen molar-refractivity contribution in [1.82, 2.24) is 15.6 Å². The Morgan fingerprint density at radius 3 is 3.04 bits per heavy atom. The molecule has 1 fully saturated rings. The second-order valence-electron chi connectivity index (χ2n) is 6.53. The Morgan fingerprint density at radius 1 is 1.43 bits per heavy atom. The molecule has 4 N–H and O–H groups in total. The van der Waals surface area contributed by atoms with E-state index in [9.17, 15) is 9.90 Å². The van der Waals surface area contributed by atoms with E-state index in [1.165, 1.54) is 0 Å². The van der Waals surface area contributed by atoms with Crippen LogP contribution in [-0.4, -0.2) is 41.2 Å². The van der Waals surface area contributed by atoms with Gasteiger partial charge in [-0.2, -0.15) is 0 Å². The summed E-state index contributed by atoms with van der Waals surface area (Å²) in [5.41, 5.74) is 2.20. The summed E-state index contributed by atoms with van der Waals surface area (Å²) in [5.74, 6) is 0.112. The number of piperidine rings is 1. The summed E-state index contributed by atoms with van der Waals surface area (Å²) in [6.07, 6.45) is 4.32. The highest BCUT2D eigenvalue weighted by atomic mass is 16.3. The van der Waals surface area contributed by atoms with Crippen LogP contribution in [0.2, 0.25) is 0 Å². The third-order valence-corrected chi connectivity index (χ3v) is 4.70. The van der Waals surface area contributed by atoms with Crippen LogP contribution in [-0.2, 0) is 11.2 Å². The number of H-pyrrole nitrogens is 1. The predicted molar refractivity (Wildman–Crippen MR) is 91.2 cm³/mol. The van der Waals surface area contributed by atoms with E-state index >= 15 is 0 Å². The van der Waals surface area contributed by atoms with E-state index in [-0.39, 0.29) is 24.5 Å². The summed E-state index contributed by atoms with van der Waals surface area (Å²) < 4.78 is 0. The van der Waals surface area contributed by atoms with Crippen LogP contribution >= 0.6 is 0 Å². The smallest absolute Gasteiger partial charge is 0.223 e. The Hall–Kier alpha value is -1.85. The molecular weight excluding hydrogens is 290 g/mol. The van der Waals surface area contributed by atoms with Crippen molar-refractivity contribution in [3.05, 3.63) is 36.0 Å². The largest absolute Gasteiger partial charge is 0.394 e. The second kappa shape index (κ2) is 7.15. The van der Waals surface area contributed by atoms with Crippen LogP contribution in [0, 0.1) is 5.92 Å². The fraction of sp³-hybridized carbons (Fsp3) is 0.500. The van der Waals surface area contributed by atoms with Crippen molar-refractivity contribution in [3.63, 3.8) is 0 Å². The number of amides is 1. The van der Waals surface area contributed by atoms with Crippen molar-refractivity contribution in [1.29, 1.82) is 0 Å². The summed E-state index contributed by atoms with van der Waals surface area (Å²) >= 11 is 0. The Kier molecular flexibility index (Phi) is 4.98. The van der Waals surface area contributed by atoms with Gasteiger partial charge in [0.2, 0.25) is 5.91 Å². The summed E-state index contributed by atoms with van der Waals surface area (Å²) in [7, 11) is 0. The molecule has 5 heteroatoms. The highest BCUT2D eigenvalue weighted by Crippen LogP contribution is 2.20. The molecule has 0 radical (unpaired) electrons. The number of rotatable bonds is 5. The Bertz CT molecular complexity index is 667. The van der Waals surface area contributed by atoms with E-state index in [1.807, 2.05) is 24.4 Å². The zero-order chi connectivity index (χ0) is 16.2. The fourth-order valence-electron chi connectivity index (χ4n) is 3.42. The van der Waals surface area contributed by atoms with Crippen LogP contribution in [0.3, 0.4) is 0 Å². The fourth-order valence-corrected chi connectivity index (χ4v) is 3.42. The van der Waals surface area contributed by atoms with Crippen molar-refractivity contribution in [2.45, 2.75) is 38.3 Å². The Morgan fingerprint density at radius 2 is 2.26 bits per heavy atom. The normalized spacial score (nSPS) is 22.9. The lowest BCUT2D eigenvalue weighted by atomic mass is 9.92. The first kappa shape index (κ1) is 16.0. The molecule has 3 rings (SSSR count). The molecule has 1 saturated heterocycles. The summed E-state index contributed by atoms with van der Waals surface area (Å²) in [4.78, 5) is 15.7. The van der Waals surface area contributed by atoms with Gasteiger partial charge in [-0.25, -0.2) is 0 Å². The average Bonchev–Trinajstić information content (AvgIpc) is 2.97. The van der Waals surface area contributed by atoms with Crippen molar-refractivity contribution < 1.29 is 9.90 Å². The van der Waals surface area contributed by atoms with Crippen LogP contribution in [0.1, 0.15) is 25.3 Å². The molecule has 1 aromatic carbocycles. The number of hydrogen-bond acceptors (Lipinski definition) is 3. The maximum absolute atomic E-state index is 12.4. The molecular formula is C18H25N3O2. The number of benzene rings is 1. The first-order valence-corrected chi connectivity index (χ1v) is 8.37. The molecule has 23 heavy (non-hydrogen) atoms. The van der Waals surface area contributed by atoms with E-state index in [0.717, 1.165) is 35.9 Å². The van der Waals surface area contributed by atoms with Gasteiger partial charge in [0, 0.05) is 29.1 Å². The molecule has 2 heterocycles. The topological polar surface area (TPSA) is 77.2 Å². The lowest BCUT2D eigenvalue weighted by molar-refractivity contribution is -0.127. The summed E-state index contributed by atoms with van der Waals surface area (Å²) in [6.45, 7) is 2.94. The summed E-state index contributed by atoms with van der Waals surface area (Å²) in [5, 5.41) is 17.2. The van der Waals surface area contributed by atoms with Gasteiger partial charge >= 0.3 is 0 Å². The van der Waals surface area contributed by atoms with E-state index in [0.29, 0.717) is 12.5 Å². The number of hydrogen-bond donors (Lipinski definition) is 4. The number of aliphatic hydroxyl groups is 1. The lowest BCUT2D eigenvalue weighted by Gasteiger charge is -2.28. The van der Waals surface area contributed by atoms with E-state index < -0.39 is 0 Å². The van der Waals surface area contributed by atoms with Crippen molar-refractivity contribution in [3.8, 4) is 0 Å². The molecule has 1 aliphatic heterocycles. The van der Waals surface area contributed by atoms with Crippen LogP contribution in [0.5, 0.6) is 0 Å². The third kappa shape index (κ3) is 3.74. The lowest BCUT2D eigenvalue weighted by Crippen LogP contribution is -2.46. The zero-order valence-electron chi connectivity index (χ0n) is 13.5. The summed E-state index contributed by atoms with van der Waals surface area (Å²) in [6, 6.07) is 8.22. The van der Waals surface area contributed by atoms with Gasteiger partial charge in [0.25, 0.3) is 0 Å². The zero-order valence-corrected chi connectivity index (χ0v) is 13.5. The van der Waals surface area contributed by atoms with Gasteiger partial charge in [0.1, 0.15) is 0 Å². The molecule has 1 aromatic heterocycles. The maximum Gasteiger partial charge on any atom is 0.223 e. The third-order valence-electron chi connectivity index (χ3n) is 4.70. The van der Waals surface area contributed by atoms with Gasteiger partial charge in [-0.05, 0) is 44.4 Å². The number of aromatic nitrogens is 1. The van der Waals surface area contributed by atoms with Crippen molar-refractivity contribution in [2.75, 3.05) is 13.2 Å². The van der Waals surface area contributed by atoms with Crippen molar-refractivity contribution in [2.24, 2.45) is 5.92 Å². The molecule has 3 atom stereocenters. The van der Waals surface area contributed by atoms with E-state index in [1.54, 1.807) is 0 Å². The molecule has 0 bridgehead atoms. The molecule has 124 valence electrons. The van der Waals surface area contributed by atoms with Gasteiger partial charge in [-0.1, -0.05) is 18.2 Å². The van der Waals surface area contributed by atoms with Crippen LogP contribution in [0.4, 0.5) is 0 Å². The van der Waals surface area contributed by atoms with E-state index in [2.05, 4.69) is 28.6 Å². The molecule has 1 amide bonds. The monoisotopic (exact) mass is 315 g/mol. The molecule has 0 aliphatic carbocycles. The highest BCUT2D eigenvalue weighted by Gasteiger charge is 2.26. The SMILES string of the molecule is C[C@H]1C[C@@H](C(=O)NC(CO)Cc2c[nH]c3ccccc23)CCN1. The number of carbonyl (C=O) groups excluding carboxylic acids is 1. The van der Waals surface area contributed by atoms with Crippen LogP contribution < -0.4 is 10.6 Å². The van der Waals surface area contributed by atoms with E-state index in [4.69, 9.17) is 0 Å². The van der Waals surface area contributed by atoms with Gasteiger partial charge in [-0.3, -0.25) is 4.79 Å². The van der Waals surface area contributed by atoms with Gasteiger partial charge < -0.3 is 20.7 Å². The number of nitrogens with one attached hydrogen (secondary N) is 3. The van der Waals surface area contributed by atoms with Crippen LogP contribution in [0.25, 0.3) is 10.9 Å². The predicted octanol–water partition coefficient (Wildman–Crippen LogP) is 1.58. The van der Waals surface area contributed by atoms with Gasteiger partial charge in [-0.15, -0.1) is 0 Å². The van der Waals surface area contributed by atoms with Gasteiger partial charge in [0.05, 0.1) is 12.6 Å². The first-order chi connectivity index (χ1) is 11.2. The Labute approximate surface area is 136 Å². The number of aromatic amines is 1. The molecule has 0 spiro atoms. The molecule has 1 aliphatic rings. The second-order valence-corrected chi connectivity index (χ2v) is 6.53. The van der Waals surface area contributed by atoms with Gasteiger partial charge in [0.15, 0.2) is 0 Å². The molecule has 0 saturated carbocycles. The number of carbonyl (C=O) groups is 1. The van der Waals surface area contributed by atoms with Crippen molar-refractivity contribution >= 4 is 16.8 Å². The van der Waals surface area contributed by atoms with Crippen LogP contribution in [0.15, 0.2) is 30.5 Å². The quantitative estimate of drug-likeness (QED) is 0.676. The Balaban J connectivity index is 1.64. The minimum absolute atomic E-state index is 0.0447. The number of para-hydroxylation sites is 1. The molecule has 1 unspecified atom stereocenters. The number of fused-ring (bicyclic) bond motifs is 1. The minimum atomic E-state index is -0.244. The first-order valence-electron chi connectivity index (χ1n) is 8.37.